The average molecular weight is 362 g/mol. The highest BCUT2D eigenvalue weighted by Crippen LogP contribution is 2.32. The molecule has 0 fully saturated rings. The predicted molar refractivity (Wildman–Crippen MR) is 97.6 cm³/mol. The van der Waals surface area contributed by atoms with Gasteiger partial charge in [0.05, 0.1) is 18.2 Å². The van der Waals surface area contributed by atoms with Crippen molar-refractivity contribution in [2.75, 3.05) is 17.7 Å². The van der Waals surface area contributed by atoms with Crippen LogP contribution in [0, 0.1) is 0 Å². The first-order chi connectivity index (χ1) is 13.2. The molecule has 0 saturated heterocycles. The predicted octanol–water partition coefficient (Wildman–Crippen LogP) is 2.06. The van der Waals surface area contributed by atoms with E-state index in [9.17, 15) is 9.59 Å². The monoisotopic (exact) mass is 362 g/mol. The molecule has 1 aliphatic rings. The number of aromatic amines is 1. The van der Waals surface area contributed by atoms with Gasteiger partial charge in [-0.1, -0.05) is 6.07 Å². The van der Waals surface area contributed by atoms with Gasteiger partial charge in [0.1, 0.15) is 0 Å². The number of esters is 1. The Bertz CT molecular complexity index is 1040. The van der Waals surface area contributed by atoms with Crippen molar-refractivity contribution in [3.8, 4) is 11.4 Å². The number of hydrogen-bond acceptors (Lipinski definition) is 7. The number of H-pyrrole nitrogens is 1. The number of nitrogens with one attached hydrogen (secondary N) is 3. The number of methoxy groups -OCH3 is 1. The van der Waals surface area contributed by atoms with Gasteiger partial charge in [0.25, 0.3) is 5.91 Å². The lowest BCUT2D eigenvalue weighted by Crippen LogP contribution is -2.05. The van der Waals surface area contributed by atoms with Gasteiger partial charge in [0, 0.05) is 28.7 Å². The number of benzene rings is 2. The Balaban J connectivity index is 1.55. The second-order valence-corrected chi connectivity index (χ2v) is 5.74. The summed E-state index contributed by atoms with van der Waals surface area (Å²) in [5.41, 5.74) is 3.78. The van der Waals surface area contributed by atoms with E-state index in [0.717, 1.165) is 11.3 Å². The summed E-state index contributed by atoms with van der Waals surface area (Å²) >= 11 is 0. The summed E-state index contributed by atoms with van der Waals surface area (Å²) in [6, 6.07) is 12.3. The number of amides is 1. The van der Waals surface area contributed by atoms with Crippen molar-refractivity contribution in [1.82, 2.24) is 20.6 Å². The van der Waals surface area contributed by atoms with Crippen molar-refractivity contribution in [2.24, 2.45) is 0 Å². The SMILES string of the molecule is COC(=O)c1ccc2c(c1)NC(=O)C2=CNc1ccc(-c2nnn[nH]2)cc1. The summed E-state index contributed by atoms with van der Waals surface area (Å²) in [5, 5.41) is 19.5. The van der Waals surface area contributed by atoms with Crippen molar-refractivity contribution in [1.29, 1.82) is 0 Å². The third-order valence-electron chi connectivity index (χ3n) is 4.11. The Kier molecular flexibility index (Phi) is 4.09. The van der Waals surface area contributed by atoms with E-state index in [1.54, 1.807) is 24.4 Å². The molecular formula is C18H14N6O3. The van der Waals surface area contributed by atoms with Crippen LogP contribution in [0.4, 0.5) is 11.4 Å². The molecular weight excluding hydrogens is 348 g/mol. The van der Waals surface area contributed by atoms with E-state index in [2.05, 4.69) is 31.3 Å². The number of aromatic nitrogens is 4. The lowest BCUT2D eigenvalue weighted by atomic mass is 10.1. The van der Waals surface area contributed by atoms with E-state index in [4.69, 9.17) is 4.74 Å². The molecule has 0 unspecified atom stereocenters. The van der Waals surface area contributed by atoms with Crippen LogP contribution in [-0.2, 0) is 9.53 Å². The van der Waals surface area contributed by atoms with Crippen LogP contribution in [0.1, 0.15) is 15.9 Å². The minimum Gasteiger partial charge on any atom is -0.465 e. The molecule has 2 heterocycles. The zero-order valence-electron chi connectivity index (χ0n) is 14.2. The molecule has 3 N–H and O–H groups in total. The van der Waals surface area contributed by atoms with Crippen LogP contribution in [0.15, 0.2) is 48.7 Å². The Morgan fingerprint density at radius 2 is 2.00 bits per heavy atom. The van der Waals surface area contributed by atoms with Crippen LogP contribution >= 0.6 is 0 Å². The van der Waals surface area contributed by atoms with Crippen LogP contribution in [-0.4, -0.2) is 39.6 Å². The summed E-state index contributed by atoms with van der Waals surface area (Å²) in [6.07, 6.45) is 1.63. The normalized spacial score (nSPS) is 14.0. The molecule has 9 heteroatoms. The molecule has 0 radical (unpaired) electrons. The van der Waals surface area contributed by atoms with E-state index in [1.807, 2.05) is 24.3 Å². The Labute approximate surface area is 153 Å². The van der Waals surface area contributed by atoms with Crippen molar-refractivity contribution in [3.63, 3.8) is 0 Å². The standard InChI is InChI=1S/C18H14N6O3/c1-27-18(26)11-4-7-13-14(17(25)20-15(13)8-11)9-19-12-5-2-10(3-6-12)16-21-23-24-22-16/h2-9,19H,1H3,(H,20,25)(H,21,22,23,24). The summed E-state index contributed by atoms with van der Waals surface area (Å²) in [7, 11) is 1.31. The highest BCUT2D eigenvalue weighted by Gasteiger charge is 2.25. The number of ether oxygens (including phenoxy) is 1. The molecule has 1 amide bonds. The van der Waals surface area contributed by atoms with E-state index in [0.29, 0.717) is 28.2 Å². The Morgan fingerprint density at radius 1 is 1.19 bits per heavy atom. The maximum atomic E-state index is 12.3. The maximum Gasteiger partial charge on any atom is 0.337 e. The molecule has 0 bridgehead atoms. The molecule has 1 aromatic heterocycles. The van der Waals surface area contributed by atoms with Gasteiger partial charge >= 0.3 is 5.97 Å². The molecule has 0 atom stereocenters. The molecule has 1 aliphatic heterocycles. The second kappa shape index (κ2) is 6.71. The smallest absolute Gasteiger partial charge is 0.337 e. The fourth-order valence-electron chi connectivity index (χ4n) is 2.74. The number of carbonyl (C=O) groups is 2. The van der Waals surface area contributed by atoms with Crippen molar-refractivity contribution in [2.45, 2.75) is 0 Å². The number of fused-ring (bicyclic) bond motifs is 1. The first-order valence-electron chi connectivity index (χ1n) is 8.00. The first-order valence-corrected chi connectivity index (χ1v) is 8.00. The van der Waals surface area contributed by atoms with Gasteiger partial charge in [-0.2, -0.15) is 0 Å². The number of carbonyl (C=O) groups excluding carboxylic acids is 2. The lowest BCUT2D eigenvalue weighted by Gasteiger charge is -2.04. The quantitative estimate of drug-likeness (QED) is 0.480. The lowest BCUT2D eigenvalue weighted by molar-refractivity contribution is -0.110. The van der Waals surface area contributed by atoms with E-state index in [-0.39, 0.29) is 5.91 Å². The van der Waals surface area contributed by atoms with Crippen LogP contribution in [0.5, 0.6) is 0 Å². The van der Waals surface area contributed by atoms with Gasteiger partial charge in [-0.05, 0) is 46.8 Å². The van der Waals surface area contributed by atoms with Crippen molar-refractivity contribution >= 4 is 28.8 Å². The highest BCUT2D eigenvalue weighted by molar-refractivity contribution is 6.31. The summed E-state index contributed by atoms with van der Waals surface area (Å²) in [5.74, 6) is -0.126. The first kappa shape index (κ1) is 16.5. The molecule has 4 rings (SSSR count). The average Bonchev–Trinajstić information content (AvgIpc) is 3.33. The van der Waals surface area contributed by atoms with Gasteiger partial charge in [-0.25, -0.2) is 9.89 Å². The van der Waals surface area contributed by atoms with Crippen LogP contribution in [0.2, 0.25) is 0 Å². The van der Waals surface area contributed by atoms with E-state index < -0.39 is 5.97 Å². The minimum atomic E-state index is -0.454. The number of anilines is 2. The maximum absolute atomic E-state index is 12.3. The van der Waals surface area contributed by atoms with Gasteiger partial charge in [0.2, 0.25) is 0 Å². The summed E-state index contributed by atoms with van der Waals surface area (Å²) in [6.45, 7) is 0. The third kappa shape index (κ3) is 3.13. The third-order valence-corrected chi connectivity index (χ3v) is 4.11. The van der Waals surface area contributed by atoms with Gasteiger partial charge in [0.15, 0.2) is 5.82 Å². The zero-order valence-corrected chi connectivity index (χ0v) is 14.2. The molecule has 3 aromatic rings. The van der Waals surface area contributed by atoms with Crippen molar-refractivity contribution in [3.05, 3.63) is 59.8 Å². The summed E-state index contributed by atoms with van der Waals surface area (Å²) < 4.78 is 4.70. The number of tetrazole rings is 1. The Morgan fingerprint density at radius 3 is 2.70 bits per heavy atom. The second-order valence-electron chi connectivity index (χ2n) is 5.74. The molecule has 0 aliphatic carbocycles. The number of hydrogen-bond donors (Lipinski definition) is 3. The van der Waals surface area contributed by atoms with Gasteiger partial charge in [-0.3, -0.25) is 4.79 Å². The van der Waals surface area contributed by atoms with Crippen molar-refractivity contribution < 1.29 is 14.3 Å². The van der Waals surface area contributed by atoms with E-state index >= 15 is 0 Å². The molecule has 2 aromatic carbocycles. The van der Waals surface area contributed by atoms with Crippen LogP contribution < -0.4 is 10.6 Å². The number of rotatable bonds is 4. The summed E-state index contributed by atoms with van der Waals surface area (Å²) in [4.78, 5) is 23.9. The van der Waals surface area contributed by atoms with Crippen LogP contribution in [0.3, 0.4) is 0 Å². The fourth-order valence-corrected chi connectivity index (χ4v) is 2.74. The topological polar surface area (TPSA) is 122 Å². The Hall–Kier alpha value is -4.01. The molecule has 0 saturated carbocycles. The largest absolute Gasteiger partial charge is 0.465 e. The zero-order chi connectivity index (χ0) is 18.8. The molecule has 9 nitrogen and oxygen atoms in total. The fraction of sp³-hybridized carbons (Fsp3) is 0.0556. The van der Waals surface area contributed by atoms with Crippen LogP contribution in [0.25, 0.3) is 17.0 Å². The molecule has 134 valence electrons. The minimum absolute atomic E-state index is 0.246. The highest BCUT2D eigenvalue weighted by atomic mass is 16.5. The number of nitrogens with zero attached hydrogens (tertiary/aromatic N) is 3. The van der Waals surface area contributed by atoms with E-state index in [1.165, 1.54) is 7.11 Å². The van der Waals surface area contributed by atoms with Gasteiger partial charge in [-0.15, -0.1) is 5.10 Å². The molecule has 27 heavy (non-hydrogen) atoms. The molecule has 0 spiro atoms. The van der Waals surface area contributed by atoms with Gasteiger partial charge < -0.3 is 15.4 Å².